The summed E-state index contributed by atoms with van der Waals surface area (Å²) in [4.78, 5) is 10.5. The van der Waals surface area contributed by atoms with Crippen molar-refractivity contribution in [2.75, 3.05) is 97.4 Å². The summed E-state index contributed by atoms with van der Waals surface area (Å²) in [5.74, 6) is 1.11. The molecule has 0 saturated heterocycles. The summed E-state index contributed by atoms with van der Waals surface area (Å²) >= 11 is 0. The highest BCUT2D eigenvalue weighted by atomic mass is 16.6. The number of rotatable bonds is 26. The van der Waals surface area contributed by atoms with Gasteiger partial charge in [0.1, 0.15) is 13.2 Å². The van der Waals surface area contributed by atoms with Gasteiger partial charge in [0.2, 0.25) is 11.8 Å². The van der Waals surface area contributed by atoms with Crippen LogP contribution < -0.4 is 19.7 Å². The van der Waals surface area contributed by atoms with Crippen molar-refractivity contribution in [2.24, 2.45) is 20.4 Å². The smallest absolute Gasteiger partial charge is 0.213 e. The van der Waals surface area contributed by atoms with Gasteiger partial charge in [-0.05, 0) is 60.4 Å². The second-order valence-electron chi connectivity index (χ2n) is 12.3. The largest absolute Gasteiger partial charge is 0.475 e. The van der Waals surface area contributed by atoms with E-state index in [2.05, 4.69) is 54.4 Å². The van der Waals surface area contributed by atoms with Gasteiger partial charge in [-0.25, -0.2) is 9.97 Å². The Balaban J connectivity index is 0.000000306. The molecule has 0 amide bonds. The molecule has 4 rings (SSSR count). The highest BCUT2D eigenvalue weighted by molar-refractivity contribution is 5.83. The van der Waals surface area contributed by atoms with Crippen LogP contribution in [0.3, 0.4) is 0 Å². The molecule has 1 N–H and O–H groups in total. The van der Waals surface area contributed by atoms with Crippen molar-refractivity contribution in [3.8, 4) is 11.8 Å². The highest BCUT2D eigenvalue weighted by Crippen LogP contribution is 2.12. The standard InChI is InChI=1S/C22H30N4O3.C21H28N4O3/c1-4-11-27-12-13-28-14-15-29-22-10-7-20(16-23-22)18-25-24-17-19-5-8-21(9-6-19)26(2)3;1-3-10-26-11-12-27-13-14-28-21-9-6-19(15-23-21)17-25-24-16-18-4-7-20(22-2)8-5-18/h5-10,16-18H,4,11-15H2,1-3H3;4-9,15-17,22H,3,10-14H2,1-2H3/b24-17+,25-18+;24-16+,25-17+. The third kappa shape index (κ3) is 21.4. The summed E-state index contributed by atoms with van der Waals surface area (Å²) < 4.78 is 32.6. The van der Waals surface area contributed by atoms with Gasteiger partial charge in [0.05, 0.1) is 64.5 Å². The van der Waals surface area contributed by atoms with Crippen molar-refractivity contribution < 1.29 is 28.4 Å². The van der Waals surface area contributed by atoms with Gasteiger partial charge in [0.25, 0.3) is 0 Å². The van der Waals surface area contributed by atoms with Gasteiger partial charge in [0.15, 0.2) is 0 Å². The Kier molecular flexibility index (Phi) is 23.9. The fraction of sp³-hybridized carbons (Fsp3) is 0.395. The fourth-order valence-corrected chi connectivity index (χ4v) is 4.44. The lowest BCUT2D eigenvalue weighted by molar-refractivity contribution is 0.0361. The first-order valence-corrected chi connectivity index (χ1v) is 19.2. The number of nitrogens with zero attached hydrogens (tertiary/aromatic N) is 7. The van der Waals surface area contributed by atoms with Crippen molar-refractivity contribution in [3.63, 3.8) is 0 Å². The van der Waals surface area contributed by atoms with Crippen LogP contribution in [-0.2, 0) is 18.9 Å². The van der Waals surface area contributed by atoms with Gasteiger partial charge in [-0.15, -0.1) is 0 Å². The van der Waals surface area contributed by atoms with E-state index in [-0.39, 0.29) is 0 Å². The van der Waals surface area contributed by atoms with Gasteiger partial charge >= 0.3 is 0 Å². The molecule has 2 aromatic heterocycles. The number of aromatic nitrogens is 2. The van der Waals surface area contributed by atoms with Gasteiger partial charge in [0, 0.05) is 81.4 Å². The number of nitrogens with one attached hydrogen (secondary N) is 1. The summed E-state index contributed by atoms with van der Waals surface area (Å²) in [7, 11) is 5.91. The predicted octanol–water partition coefficient (Wildman–Crippen LogP) is 6.82. The molecule has 57 heavy (non-hydrogen) atoms. The van der Waals surface area contributed by atoms with E-state index in [0.29, 0.717) is 64.6 Å². The second-order valence-corrected chi connectivity index (χ2v) is 12.3. The maximum atomic E-state index is 5.54. The quantitative estimate of drug-likeness (QED) is 0.0409. The lowest BCUT2D eigenvalue weighted by Crippen LogP contribution is -2.11. The molecule has 0 saturated carbocycles. The number of pyridine rings is 2. The molecule has 14 heteroatoms. The van der Waals surface area contributed by atoms with Crippen molar-refractivity contribution >= 4 is 36.2 Å². The second kappa shape index (κ2) is 29.7. The number of hydrogen-bond donors (Lipinski definition) is 1. The van der Waals surface area contributed by atoms with Gasteiger partial charge in [-0.2, -0.15) is 20.4 Å². The molecule has 0 aliphatic rings. The maximum Gasteiger partial charge on any atom is 0.213 e. The third-order valence-electron chi connectivity index (χ3n) is 7.48. The van der Waals surface area contributed by atoms with E-state index in [4.69, 9.17) is 28.4 Å². The molecule has 306 valence electrons. The van der Waals surface area contributed by atoms with Crippen LogP contribution in [0.25, 0.3) is 0 Å². The maximum absolute atomic E-state index is 5.54. The number of benzene rings is 2. The summed E-state index contributed by atoms with van der Waals surface area (Å²) in [6, 6.07) is 23.4. The summed E-state index contributed by atoms with van der Waals surface area (Å²) in [6.45, 7) is 9.99. The van der Waals surface area contributed by atoms with Crippen LogP contribution in [0.2, 0.25) is 0 Å². The number of ether oxygens (including phenoxy) is 6. The number of hydrogen-bond acceptors (Lipinski definition) is 14. The van der Waals surface area contributed by atoms with Crippen LogP contribution in [0.1, 0.15) is 48.9 Å². The monoisotopic (exact) mass is 782 g/mol. The van der Waals surface area contributed by atoms with E-state index in [1.807, 2.05) is 81.8 Å². The Morgan fingerprint density at radius 3 is 1.23 bits per heavy atom. The van der Waals surface area contributed by atoms with Crippen LogP contribution in [-0.4, -0.2) is 122 Å². The van der Waals surface area contributed by atoms with Crippen molar-refractivity contribution in [3.05, 3.63) is 107 Å². The molecule has 2 aromatic carbocycles. The van der Waals surface area contributed by atoms with Crippen LogP contribution in [0.5, 0.6) is 11.8 Å². The van der Waals surface area contributed by atoms with Crippen molar-refractivity contribution in [1.82, 2.24) is 9.97 Å². The molecule has 0 aliphatic carbocycles. The van der Waals surface area contributed by atoms with E-state index in [9.17, 15) is 0 Å². The molecular weight excluding hydrogens is 725 g/mol. The SMILES string of the molecule is CCCOCCOCCOc1ccc(/C=N/N=C/c2ccc(N(C)C)cc2)cn1.CCCOCCOCCOc1ccc(/C=N/N=C/c2ccc(NC)cc2)cn1. The summed E-state index contributed by atoms with van der Waals surface area (Å²) in [5, 5.41) is 19.3. The molecule has 0 bridgehead atoms. The van der Waals surface area contributed by atoms with Crippen molar-refractivity contribution in [2.45, 2.75) is 26.7 Å². The molecule has 0 aliphatic heterocycles. The lowest BCUT2D eigenvalue weighted by Gasteiger charge is -2.11. The summed E-state index contributed by atoms with van der Waals surface area (Å²) in [6.07, 6.45) is 12.1. The summed E-state index contributed by atoms with van der Waals surface area (Å²) in [5.41, 5.74) is 5.88. The highest BCUT2D eigenvalue weighted by Gasteiger charge is 1.99. The minimum atomic E-state index is 0.449. The lowest BCUT2D eigenvalue weighted by atomic mass is 10.2. The molecule has 0 radical (unpaired) electrons. The van der Waals surface area contributed by atoms with Crippen molar-refractivity contribution in [1.29, 1.82) is 0 Å². The van der Waals surface area contributed by atoms with E-state index in [0.717, 1.165) is 59.7 Å². The van der Waals surface area contributed by atoms with Crippen LogP contribution in [0.15, 0.2) is 106 Å². The predicted molar refractivity (Wildman–Crippen MR) is 230 cm³/mol. The minimum absolute atomic E-state index is 0.449. The zero-order valence-electron chi connectivity index (χ0n) is 34.0. The number of anilines is 2. The molecule has 4 aromatic rings. The Hall–Kier alpha value is -5.54. The zero-order valence-corrected chi connectivity index (χ0v) is 34.0. The van der Waals surface area contributed by atoms with Crippen LogP contribution in [0.4, 0.5) is 11.4 Å². The Morgan fingerprint density at radius 2 is 0.860 bits per heavy atom. The average molecular weight is 783 g/mol. The topological polar surface area (TPSA) is 146 Å². The molecule has 2 heterocycles. The van der Waals surface area contributed by atoms with Gasteiger partial charge in [-0.1, -0.05) is 38.1 Å². The molecule has 14 nitrogen and oxygen atoms in total. The minimum Gasteiger partial charge on any atom is -0.475 e. The van der Waals surface area contributed by atoms with E-state index in [1.54, 1.807) is 49.4 Å². The molecule has 0 fully saturated rings. The average Bonchev–Trinajstić information content (AvgIpc) is 3.24. The Morgan fingerprint density at radius 1 is 0.491 bits per heavy atom. The van der Waals surface area contributed by atoms with E-state index in [1.165, 1.54) is 0 Å². The first-order chi connectivity index (χ1) is 28.0. The molecule has 0 unspecified atom stereocenters. The van der Waals surface area contributed by atoms with Crippen LogP contribution >= 0.6 is 0 Å². The first-order valence-electron chi connectivity index (χ1n) is 19.2. The normalized spacial score (nSPS) is 11.4. The third-order valence-corrected chi connectivity index (χ3v) is 7.48. The van der Waals surface area contributed by atoms with E-state index < -0.39 is 0 Å². The molecule has 0 spiro atoms. The fourth-order valence-electron chi connectivity index (χ4n) is 4.44. The Bertz CT molecular complexity index is 1720. The van der Waals surface area contributed by atoms with E-state index >= 15 is 0 Å². The molecular formula is C43H58N8O6. The first kappa shape index (κ1) is 45.8. The van der Waals surface area contributed by atoms with Gasteiger partial charge in [-0.3, -0.25) is 0 Å². The van der Waals surface area contributed by atoms with Crippen LogP contribution in [0, 0.1) is 0 Å². The van der Waals surface area contributed by atoms with Gasteiger partial charge < -0.3 is 38.6 Å². The molecule has 0 atom stereocenters. The zero-order chi connectivity index (χ0) is 40.6. The Labute approximate surface area is 337 Å².